The van der Waals surface area contributed by atoms with Crippen molar-refractivity contribution in [2.75, 3.05) is 6.61 Å². The van der Waals surface area contributed by atoms with E-state index in [1.165, 1.54) is 38.4 Å². The van der Waals surface area contributed by atoms with Gasteiger partial charge in [-0.2, -0.15) is 14.4 Å². The Morgan fingerprint density at radius 1 is 1.28 bits per heavy atom. The summed E-state index contributed by atoms with van der Waals surface area (Å²) in [7, 11) is 0. The Morgan fingerprint density at radius 3 is 2.94 bits per heavy atom. The van der Waals surface area contributed by atoms with Crippen LogP contribution in [0.15, 0.2) is 6.33 Å². The van der Waals surface area contributed by atoms with Gasteiger partial charge in [-0.1, -0.05) is 19.3 Å². The smallest absolute Gasteiger partial charge is 0.314 e. The molecule has 18 heavy (non-hydrogen) atoms. The van der Waals surface area contributed by atoms with Crippen LogP contribution < -0.4 is 4.74 Å². The summed E-state index contributed by atoms with van der Waals surface area (Å²) >= 11 is 0. The maximum absolute atomic E-state index is 13.2. The Labute approximate surface area is 104 Å². The Morgan fingerprint density at radius 2 is 2.11 bits per heavy atom. The van der Waals surface area contributed by atoms with Crippen LogP contribution in [-0.2, 0) is 0 Å². The van der Waals surface area contributed by atoms with Crippen LogP contribution in [0.3, 0.4) is 0 Å². The van der Waals surface area contributed by atoms with Crippen molar-refractivity contribution in [1.29, 1.82) is 0 Å². The van der Waals surface area contributed by atoms with Crippen molar-refractivity contribution >= 4 is 11.2 Å². The molecule has 0 spiro atoms. The molecule has 0 atom stereocenters. The second-order valence-corrected chi connectivity index (χ2v) is 4.71. The van der Waals surface area contributed by atoms with E-state index in [1.807, 2.05) is 0 Å². The Kier molecular flexibility index (Phi) is 3.08. The summed E-state index contributed by atoms with van der Waals surface area (Å²) in [6.07, 6.45) is 6.85. The molecule has 1 aliphatic rings. The van der Waals surface area contributed by atoms with Crippen LogP contribution in [0.25, 0.3) is 11.2 Å². The van der Waals surface area contributed by atoms with E-state index in [9.17, 15) is 4.39 Å². The molecule has 0 aliphatic heterocycles. The second kappa shape index (κ2) is 4.88. The molecule has 1 aliphatic carbocycles. The van der Waals surface area contributed by atoms with Crippen LogP contribution >= 0.6 is 0 Å². The number of fused-ring (bicyclic) bond motifs is 1. The first-order chi connectivity index (χ1) is 8.83. The van der Waals surface area contributed by atoms with Crippen LogP contribution in [-0.4, -0.2) is 26.5 Å². The van der Waals surface area contributed by atoms with Crippen LogP contribution in [0.5, 0.6) is 5.88 Å². The van der Waals surface area contributed by atoms with Crippen molar-refractivity contribution in [2.24, 2.45) is 5.92 Å². The number of nitrogens with one attached hydrogen (secondary N) is 1. The molecule has 6 heteroatoms. The van der Waals surface area contributed by atoms with E-state index in [-0.39, 0.29) is 5.88 Å². The zero-order valence-electron chi connectivity index (χ0n) is 10.0. The third-order valence-corrected chi connectivity index (χ3v) is 3.41. The normalized spacial score (nSPS) is 17.2. The molecule has 0 saturated heterocycles. The highest BCUT2D eigenvalue weighted by atomic mass is 19.1. The Hall–Kier alpha value is -1.72. The highest BCUT2D eigenvalue weighted by molar-refractivity contribution is 5.74. The third-order valence-electron chi connectivity index (χ3n) is 3.41. The zero-order chi connectivity index (χ0) is 12.4. The van der Waals surface area contributed by atoms with Gasteiger partial charge in [-0.25, -0.2) is 4.98 Å². The highest BCUT2D eigenvalue weighted by Crippen LogP contribution is 2.25. The van der Waals surface area contributed by atoms with E-state index >= 15 is 0 Å². The van der Waals surface area contributed by atoms with Crippen LogP contribution in [0, 0.1) is 12.0 Å². The molecule has 0 aromatic carbocycles. The third kappa shape index (κ3) is 2.27. The second-order valence-electron chi connectivity index (χ2n) is 4.71. The van der Waals surface area contributed by atoms with E-state index in [0.29, 0.717) is 23.7 Å². The van der Waals surface area contributed by atoms with Crippen LogP contribution in [0.1, 0.15) is 32.1 Å². The summed E-state index contributed by atoms with van der Waals surface area (Å²) < 4.78 is 18.8. The summed E-state index contributed by atoms with van der Waals surface area (Å²) in [5.41, 5.74) is 0.869. The fraction of sp³-hybridized carbons (Fsp3) is 0.583. The van der Waals surface area contributed by atoms with Crippen molar-refractivity contribution in [3.63, 3.8) is 0 Å². The molecule has 2 aromatic heterocycles. The lowest BCUT2D eigenvalue weighted by Crippen LogP contribution is -2.16. The van der Waals surface area contributed by atoms with Gasteiger partial charge < -0.3 is 9.72 Å². The topological polar surface area (TPSA) is 63.7 Å². The quantitative estimate of drug-likeness (QED) is 0.850. The first kappa shape index (κ1) is 11.4. The number of ether oxygens (including phenoxy) is 1. The van der Waals surface area contributed by atoms with Gasteiger partial charge in [0, 0.05) is 0 Å². The largest absolute Gasteiger partial charge is 0.476 e. The van der Waals surface area contributed by atoms with Gasteiger partial charge in [-0.15, -0.1) is 0 Å². The van der Waals surface area contributed by atoms with E-state index in [4.69, 9.17) is 4.74 Å². The van der Waals surface area contributed by atoms with Gasteiger partial charge in [0.2, 0.25) is 5.88 Å². The number of aromatic amines is 1. The highest BCUT2D eigenvalue weighted by Gasteiger charge is 2.16. The van der Waals surface area contributed by atoms with Gasteiger partial charge in [0.1, 0.15) is 5.52 Å². The molecule has 5 nitrogen and oxygen atoms in total. The lowest BCUT2D eigenvalue weighted by molar-refractivity contribution is 0.202. The molecule has 0 amide bonds. The molecule has 1 N–H and O–H groups in total. The summed E-state index contributed by atoms with van der Waals surface area (Å²) in [5.74, 6) is 0.815. The lowest BCUT2D eigenvalue weighted by atomic mass is 9.90. The number of hydrogen-bond acceptors (Lipinski definition) is 4. The number of imidazole rings is 1. The number of H-pyrrole nitrogens is 1. The predicted molar refractivity (Wildman–Crippen MR) is 63.7 cm³/mol. The minimum atomic E-state index is -0.798. The molecule has 1 fully saturated rings. The summed E-state index contributed by atoms with van der Waals surface area (Å²) in [5, 5.41) is 0. The first-order valence-electron chi connectivity index (χ1n) is 6.32. The molecule has 96 valence electrons. The predicted octanol–water partition coefficient (Wildman–Crippen LogP) is 2.45. The van der Waals surface area contributed by atoms with Crippen molar-refractivity contribution in [1.82, 2.24) is 19.9 Å². The molecular weight excluding hydrogens is 235 g/mol. The van der Waals surface area contributed by atoms with E-state index < -0.39 is 6.08 Å². The zero-order valence-corrected chi connectivity index (χ0v) is 10.0. The average Bonchev–Trinajstić information content (AvgIpc) is 2.85. The van der Waals surface area contributed by atoms with Crippen molar-refractivity contribution < 1.29 is 9.13 Å². The minimum absolute atomic E-state index is 0.264. The molecule has 1 saturated carbocycles. The number of aromatic nitrogens is 4. The standard InChI is InChI=1S/C12H15FN4O/c13-12-16-10-9(14-7-15-10)11(17-12)18-6-8-4-2-1-3-5-8/h7-8H,1-6H2,(H,14,15,16,17). The molecule has 0 bridgehead atoms. The molecule has 0 radical (unpaired) electrons. The SMILES string of the molecule is Fc1nc(OCC2CCCCC2)c2[nH]cnc2n1. The number of rotatable bonds is 3. The van der Waals surface area contributed by atoms with Crippen LogP contribution in [0.2, 0.25) is 0 Å². The average molecular weight is 250 g/mol. The van der Waals surface area contributed by atoms with Gasteiger partial charge in [0.25, 0.3) is 0 Å². The number of hydrogen-bond donors (Lipinski definition) is 1. The number of halogens is 1. The van der Waals surface area contributed by atoms with E-state index in [2.05, 4.69) is 19.9 Å². The maximum atomic E-state index is 13.2. The van der Waals surface area contributed by atoms with Gasteiger partial charge in [-0.05, 0) is 18.8 Å². The van der Waals surface area contributed by atoms with Gasteiger partial charge in [-0.3, -0.25) is 0 Å². The first-order valence-corrected chi connectivity index (χ1v) is 6.32. The van der Waals surface area contributed by atoms with Crippen molar-refractivity contribution in [3.8, 4) is 5.88 Å². The fourth-order valence-electron chi connectivity index (χ4n) is 2.44. The van der Waals surface area contributed by atoms with Crippen LogP contribution in [0.4, 0.5) is 4.39 Å². The lowest BCUT2D eigenvalue weighted by Gasteiger charge is -2.21. The fourth-order valence-corrected chi connectivity index (χ4v) is 2.44. The van der Waals surface area contributed by atoms with Gasteiger partial charge >= 0.3 is 6.08 Å². The summed E-state index contributed by atoms with van der Waals surface area (Å²) in [4.78, 5) is 14.1. The Balaban J connectivity index is 1.75. The summed E-state index contributed by atoms with van der Waals surface area (Å²) in [6, 6.07) is 0. The Bertz CT molecular complexity index is 536. The summed E-state index contributed by atoms with van der Waals surface area (Å²) in [6.45, 7) is 0.588. The van der Waals surface area contributed by atoms with Gasteiger partial charge in [0.15, 0.2) is 5.65 Å². The molecule has 3 rings (SSSR count). The monoisotopic (exact) mass is 250 g/mol. The molecule has 2 aromatic rings. The molecule has 0 unspecified atom stereocenters. The van der Waals surface area contributed by atoms with E-state index in [1.54, 1.807) is 0 Å². The maximum Gasteiger partial charge on any atom is 0.314 e. The number of nitrogens with zero attached hydrogens (tertiary/aromatic N) is 3. The van der Waals surface area contributed by atoms with Crippen molar-refractivity contribution in [2.45, 2.75) is 32.1 Å². The van der Waals surface area contributed by atoms with E-state index in [0.717, 1.165) is 0 Å². The molecule has 2 heterocycles. The van der Waals surface area contributed by atoms with Gasteiger partial charge in [0.05, 0.1) is 12.9 Å². The minimum Gasteiger partial charge on any atom is -0.476 e. The molecular formula is C12H15FN4O. The van der Waals surface area contributed by atoms with Crippen molar-refractivity contribution in [3.05, 3.63) is 12.4 Å².